The maximum Gasteiger partial charge on any atom is 0.332 e. The number of fused-ring (bicyclic) bond motifs is 1. The third-order valence-electron chi connectivity index (χ3n) is 4.57. The van der Waals surface area contributed by atoms with Crippen LogP contribution in [0.25, 0.3) is 28.2 Å². The van der Waals surface area contributed by atoms with E-state index in [9.17, 15) is 9.59 Å². The summed E-state index contributed by atoms with van der Waals surface area (Å²) < 4.78 is 11.9. The zero-order valence-corrected chi connectivity index (χ0v) is 17.8. The van der Waals surface area contributed by atoms with Crippen LogP contribution in [0.1, 0.15) is 10.5 Å². The Morgan fingerprint density at radius 1 is 1.10 bits per heavy atom. The van der Waals surface area contributed by atoms with Gasteiger partial charge in [0, 0.05) is 16.7 Å². The van der Waals surface area contributed by atoms with Crippen molar-refractivity contribution in [2.24, 2.45) is 5.73 Å². The van der Waals surface area contributed by atoms with E-state index in [2.05, 4.69) is 15.0 Å². The molecule has 2 aromatic heterocycles. The SMILES string of the molecule is COc1ccc(-n2c(=O)[nH]c3c(C(N)=O)nc(-c4ccc(Cl)cc4Cl)nc32)c(OC)c1. The van der Waals surface area contributed by atoms with Gasteiger partial charge in [-0.05, 0) is 30.3 Å². The van der Waals surface area contributed by atoms with Gasteiger partial charge < -0.3 is 20.2 Å². The largest absolute Gasteiger partial charge is 0.497 e. The van der Waals surface area contributed by atoms with Crippen LogP contribution in [0.15, 0.2) is 41.2 Å². The fourth-order valence-electron chi connectivity index (χ4n) is 3.15. The number of H-pyrrole nitrogens is 1. The lowest BCUT2D eigenvalue weighted by molar-refractivity contribution is 0.0997. The van der Waals surface area contributed by atoms with E-state index in [1.807, 2.05) is 0 Å². The lowest BCUT2D eigenvalue weighted by Gasteiger charge is -2.12. The number of imidazole rings is 1. The number of aromatic amines is 1. The van der Waals surface area contributed by atoms with E-state index in [4.69, 9.17) is 38.4 Å². The predicted molar refractivity (Wildman–Crippen MR) is 117 cm³/mol. The molecule has 0 unspecified atom stereocenters. The zero-order valence-electron chi connectivity index (χ0n) is 16.3. The Morgan fingerprint density at radius 3 is 2.52 bits per heavy atom. The Hall–Kier alpha value is -3.56. The van der Waals surface area contributed by atoms with E-state index in [1.165, 1.54) is 24.9 Å². The molecule has 158 valence electrons. The summed E-state index contributed by atoms with van der Waals surface area (Å²) in [6, 6.07) is 9.65. The summed E-state index contributed by atoms with van der Waals surface area (Å²) in [5.41, 5.74) is 5.81. The molecule has 2 aromatic carbocycles. The summed E-state index contributed by atoms with van der Waals surface area (Å²) >= 11 is 12.3. The summed E-state index contributed by atoms with van der Waals surface area (Å²) in [6.45, 7) is 0. The lowest BCUT2D eigenvalue weighted by Crippen LogP contribution is -2.16. The van der Waals surface area contributed by atoms with Crippen molar-refractivity contribution >= 4 is 40.3 Å². The number of carbonyl (C=O) groups excluding carboxylic acids is 1. The molecule has 0 aliphatic carbocycles. The highest BCUT2D eigenvalue weighted by Gasteiger charge is 2.22. The second-order valence-electron chi connectivity index (χ2n) is 6.39. The summed E-state index contributed by atoms with van der Waals surface area (Å²) in [5.74, 6) is 0.152. The van der Waals surface area contributed by atoms with Crippen LogP contribution in [-0.4, -0.2) is 39.6 Å². The van der Waals surface area contributed by atoms with Gasteiger partial charge in [-0.25, -0.2) is 19.3 Å². The molecule has 1 amide bonds. The summed E-state index contributed by atoms with van der Waals surface area (Å²) in [5, 5.41) is 0.695. The van der Waals surface area contributed by atoms with Gasteiger partial charge in [-0.2, -0.15) is 0 Å². The Balaban J connectivity index is 2.07. The molecule has 11 heteroatoms. The van der Waals surface area contributed by atoms with Crippen LogP contribution in [0.4, 0.5) is 0 Å². The molecule has 2 heterocycles. The molecule has 4 aromatic rings. The number of rotatable bonds is 5. The number of nitrogens with two attached hydrogens (primary N) is 1. The molecule has 0 bridgehead atoms. The fraction of sp³-hybridized carbons (Fsp3) is 0.100. The third-order valence-corrected chi connectivity index (χ3v) is 5.12. The predicted octanol–water partition coefficient (Wildman–Crippen LogP) is 3.20. The van der Waals surface area contributed by atoms with E-state index in [0.717, 1.165) is 0 Å². The molecule has 0 aliphatic heterocycles. The first-order valence-corrected chi connectivity index (χ1v) is 9.60. The molecule has 0 atom stereocenters. The number of carbonyl (C=O) groups is 1. The van der Waals surface area contributed by atoms with E-state index in [0.29, 0.717) is 27.8 Å². The Labute approximate surface area is 185 Å². The number of ether oxygens (including phenoxy) is 2. The topological polar surface area (TPSA) is 125 Å². The summed E-state index contributed by atoms with van der Waals surface area (Å²) in [6.07, 6.45) is 0. The summed E-state index contributed by atoms with van der Waals surface area (Å²) in [4.78, 5) is 36.3. The second-order valence-corrected chi connectivity index (χ2v) is 7.23. The van der Waals surface area contributed by atoms with Crippen molar-refractivity contribution < 1.29 is 14.3 Å². The van der Waals surface area contributed by atoms with E-state index < -0.39 is 11.6 Å². The fourth-order valence-corrected chi connectivity index (χ4v) is 3.64. The maximum absolute atomic E-state index is 12.9. The highest BCUT2D eigenvalue weighted by Crippen LogP contribution is 2.32. The van der Waals surface area contributed by atoms with Gasteiger partial charge in [-0.15, -0.1) is 0 Å². The number of nitrogens with one attached hydrogen (secondary N) is 1. The minimum atomic E-state index is -0.839. The molecule has 0 fully saturated rings. The van der Waals surface area contributed by atoms with Crippen molar-refractivity contribution in [2.75, 3.05) is 14.2 Å². The highest BCUT2D eigenvalue weighted by molar-refractivity contribution is 6.36. The van der Waals surface area contributed by atoms with Gasteiger partial charge in [0.05, 0.1) is 24.9 Å². The lowest BCUT2D eigenvalue weighted by atomic mass is 10.2. The van der Waals surface area contributed by atoms with Gasteiger partial charge >= 0.3 is 5.69 Å². The van der Waals surface area contributed by atoms with E-state index in [-0.39, 0.29) is 27.7 Å². The molecule has 0 saturated carbocycles. The number of benzene rings is 2. The number of amides is 1. The number of halogens is 2. The van der Waals surface area contributed by atoms with Gasteiger partial charge in [0.15, 0.2) is 17.2 Å². The minimum Gasteiger partial charge on any atom is -0.497 e. The van der Waals surface area contributed by atoms with Crippen LogP contribution in [-0.2, 0) is 0 Å². The Bertz CT molecular complexity index is 1400. The molecular weight excluding hydrogens is 445 g/mol. The monoisotopic (exact) mass is 459 g/mol. The van der Waals surface area contributed by atoms with Crippen LogP contribution in [0, 0.1) is 0 Å². The van der Waals surface area contributed by atoms with Crippen molar-refractivity contribution in [3.63, 3.8) is 0 Å². The van der Waals surface area contributed by atoms with Crippen LogP contribution >= 0.6 is 23.2 Å². The van der Waals surface area contributed by atoms with Crippen molar-refractivity contribution in [3.05, 3.63) is 62.6 Å². The zero-order chi connectivity index (χ0) is 22.3. The first kappa shape index (κ1) is 20.7. The van der Waals surface area contributed by atoms with Crippen LogP contribution in [0.2, 0.25) is 10.0 Å². The Kier molecular flexibility index (Phi) is 5.30. The smallest absolute Gasteiger partial charge is 0.332 e. The number of primary amides is 1. The molecule has 31 heavy (non-hydrogen) atoms. The molecular formula is C20H15Cl2N5O4. The molecule has 0 radical (unpaired) electrons. The molecule has 0 spiro atoms. The number of hydrogen-bond acceptors (Lipinski definition) is 6. The Morgan fingerprint density at radius 2 is 1.87 bits per heavy atom. The number of aromatic nitrogens is 4. The van der Waals surface area contributed by atoms with Crippen molar-refractivity contribution in [3.8, 4) is 28.6 Å². The average Bonchev–Trinajstić information content (AvgIpc) is 3.07. The van der Waals surface area contributed by atoms with E-state index >= 15 is 0 Å². The number of nitrogens with zero attached hydrogens (tertiary/aromatic N) is 3. The van der Waals surface area contributed by atoms with Gasteiger partial charge in [-0.1, -0.05) is 23.2 Å². The standard InChI is InChI=1S/C20H15Cl2N5O4/c1-30-10-4-6-13(14(8-10)31-2)27-19-16(25-20(27)29)15(17(23)28)24-18(26-19)11-5-3-9(21)7-12(11)22/h3-8H,1-2H3,(H2,23,28)(H,25,29). The van der Waals surface area contributed by atoms with Crippen LogP contribution in [0.5, 0.6) is 11.5 Å². The van der Waals surface area contributed by atoms with Gasteiger partial charge in [0.25, 0.3) is 5.91 Å². The second kappa shape index (κ2) is 7.93. The average molecular weight is 460 g/mol. The van der Waals surface area contributed by atoms with Crippen molar-refractivity contribution in [2.45, 2.75) is 0 Å². The van der Waals surface area contributed by atoms with Gasteiger partial charge in [0.1, 0.15) is 17.0 Å². The normalized spacial score (nSPS) is 11.0. The number of methoxy groups -OCH3 is 2. The first-order chi connectivity index (χ1) is 14.8. The molecule has 4 rings (SSSR count). The molecule has 3 N–H and O–H groups in total. The van der Waals surface area contributed by atoms with Crippen LogP contribution < -0.4 is 20.9 Å². The van der Waals surface area contributed by atoms with Gasteiger partial charge in [0.2, 0.25) is 0 Å². The van der Waals surface area contributed by atoms with E-state index in [1.54, 1.807) is 30.3 Å². The maximum atomic E-state index is 12.9. The molecule has 0 saturated heterocycles. The minimum absolute atomic E-state index is 0.0872. The molecule has 0 aliphatic rings. The van der Waals surface area contributed by atoms with Gasteiger partial charge in [-0.3, -0.25) is 4.79 Å². The summed E-state index contributed by atoms with van der Waals surface area (Å²) in [7, 11) is 2.97. The molecule has 9 nitrogen and oxygen atoms in total. The van der Waals surface area contributed by atoms with Crippen LogP contribution in [0.3, 0.4) is 0 Å². The van der Waals surface area contributed by atoms with Crippen molar-refractivity contribution in [1.29, 1.82) is 0 Å². The quantitative estimate of drug-likeness (QED) is 0.471. The highest BCUT2D eigenvalue weighted by atomic mass is 35.5. The number of hydrogen-bond donors (Lipinski definition) is 2. The third kappa shape index (κ3) is 3.58. The first-order valence-electron chi connectivity index (χ1n) is 8.84. The van der Waals surface area contributed by atoms with Crippen molar-refractivity contribution in [1.82, 2.24) is 19.5 Å².